The zero-order chi connectivity index (χ0) is 14.9. The molecule has 0 aromatic carbocycles. The number of rotatable bonds is 3. The minimum Gasteiger partial charge on any atom is -0.469 e. The van der Waals surface area contributed by atoms with Crippen molar-refractivity contribution in [2.75, 3.05) is 19.4 Å². The lowest BCUT2D eigenvalue weighted by atomic mass is 10.2. The molecule has 0 aliphatic heterocycles. The van der Waals surface area contributed by atoms with Crippen LogP contribution in [0.15, 0.2) is 16.7 Å². The average Bonchev–Trinajstić information content (AvgIpc) is 2.94. The summed E-state index contributed by atoms with van der Waals surface area (Å²) < 4.78 is 5.08. The van der Waals surface area contributed by atoms with Crippen LogP contribution in [-0.2, 0) is 0 Å². The molecule has 6 nitrogen and oxygen atoms in total. The summed E-state index contributed by atoms with van der Waals surface area (Å²) in [6.07, 6.45) is 1.46. The highest BCUT2D eigenvalue weighted by atomic mass is 32.1. The van der Waals surface area contributed by atoms with Gasteiger partial charge in [0.25, 0.3) is 11.8 Å². The number of hydrogen-bond donors (Lipinski definition) is 1. The molecule has 2 aromatic heterocycles. The summed E-state index contributed by atoms with van der Waals surface area (Å²) in [5.74, 6) is 0.120. The van der Waals surface area contributed by atoms with Gasteiger partial charge in [-0.2, -0.15) is 0 Å². The molecule has 2 amide bonds. The molecule has 0 saturated carbocycles. The number of amides is 2. The van der Waals surface area contributed by atoms with Crippen molar-refractivity contribution < 1.29 is 14.0 Å². The van der Waals surface area contributed by atoms with Crippen LogP contribution < -0.4 is 5.32 Å². The summed E-state index contributed by atoms with van der Waals surface area (Å²) in [6, 6.07) is 1.59. The Morgan fingerprint density at radius 2 is 2.05 bits per heavy atom. The zero-order valence-electron chi connectivity index (χ0n) is 11.7. The van der Waals surface area contributed by atoms with Crippen LogP contribution in [-0.4, -0.2) is 35.8 Å². The van der Waals surface area contributed by atoms with E-state index in [1.807, 2.05) is 0 Å². The first-order valence-corrected chi connectivity index (χ1v) is 6.76. The number of furan rings is 1. The maximum absolute atomic E-state index is 12.0. The molecular weight excluding hydrogens is 278 g/mol. The molecule has 0 saturated heterocycles. The van der Waals surface area contributed by atoms with E-state index in [1.54, 1.807) is 34.0 Å². The molecule has 0 aliphatic rings. The van der Waals surface area contributed by atoms with E-state index in [-0.39, 0.29) is 11.8 Å². The van der Waals surface area contributed by atoms with Crippen LogP contribution in [0.4, 0.5) is 5.13 Å². The van der Waals surface area contributed by atoms with Gasteiger partial charge in [-0.25, -0.2) is 4.98 Å². The zero-order valence-corrected chi connectivity index (χ0v) is 12.5. The highest BCUT2D eigenvalue weighted by Gasteiger charge is 2.19. The molecule has 2 aromatic rings. The Hall–Kier alpha value is -2.15. The molecule has 0 radical (unpaired) electrons. The third kappa shape index (κ3) is 2.72. The summed E-state index contributed by atoms with van der Waals surface area (Å²) >= 11 is 1.16. The van der Waals surface area contributed by atoms with Crippen molar-refractivity contribution in [3.05, 3.63) is 34.2 Å². The SMILES string of the molecule is Cc1nc(NC(=O)c2ccoc2C)sc1C(=O)N(C)C. The maximum Gasteiger partial charge on any atom is 0.265 e. The number of aromatic nitrogens is 1. The molecule has 1 N–H and O–H groups in total. The van der Waals surface area contributed by atoms with Gasteiger partial charge in [-0.1, -0.05) is 11.3 Å². The van der Waals surface area contributed by atoms with Gasteiger partial charge in [0.1, 0.15) is 10.6 Å². The number of hydrogen-bond acceptors (Lipinski definition) is 5. The molecule has 7 heteroatoms. The van der Waals surface area contributed by atoms with E-state index in [4.69, 9.17) is 4.42 Å². The summed E-state index contributed by atoms with van der Waals surface area (Å²) in [6.45, 7) is 3.45. The topological polar surface area (TPSA) is 75.4 Å². The summed E-state index contributed by atoms with van der Waals surface area (Å²) in [5.41, 5.74) is 1.06. The van der Waals surface area contributed by atoms with Crippen LogP contribution in [0.25, 0.3) is 0 Å². The van der Waals surface area contributed by atoms with Crippen molar-refractivity contribution >= 4 is 28.3 Å². The number of nitrogens with zero attached hydrogens (tertiary/aromatic N) is 2. The van der Waals surface area contributed by atoms with E-state index in [2.05, 4.69) is 10.3 Å². The number of anilines is 1. The van der Waals surface area contributed by atoms with Gasteiger partial charge in [0.15, 0.2) is 5.13 Å². The Bertz CT molecular complexity index is 658. The average molecular weight is 293 g/mol. The predicted molar refractivity (Wildman–Crippen MR) is 76.3 cm³/mol. The first kappa shape index (κ1) is 14.3. The van der Waals surface area contributed by atoms with Crippen LogP contribution in [0.3, 0.4) is 0 Å². The second-order valence-corrected chi connectivity index (χ2v) is 5.48. The number of aryl methyl sites for hydroxylation is 2. The number of carbonyl (C=O) groups is 2. The van der Waals surface area contributed by atoms with Gasteiger partial charge < -0.3 is 9.32 Å². The lowest BCUT2D eigenvalue weighted by Gasteiger charge is -2.07. The Morgan fingerprint density at radius 1 is 1.35 bits per heavy atom. The van der Waals surface area contributed by atoms with Gasteiger partial charge in [-0.05, 0) is 19.9 Å². The predicted octanol–water partition coefficient (Wildman–Crippen LogP) is 2.31. The van der Waals surface area contributed by atoms with Crippen molar-refractivity contribution in [1.29, 1.82) is 0 Å². The van der Waals surface area contributed by atoms with Crippen LogP contribution >= 0.6 is 11.3 Å². The minimum atomic E-state index is -0.297. The highest BCUT2D eigenvalue weighted by molar-refractivity contribution is 7.17. The second kappa shape index (κ2) is 5.46. The maximum atomic E-state index is 12.0. The van der Waals surface area contributed by atoms with Gasteiger partial charge in [-0.15, -0.1) is 0 Å². The third-order valence-corrected chi connectivity index (χ3v) is 3.78. The molecule has 2 heterocycles. The number of nitrogens with one attached hydrogen (secondary N) is 1. The molecule has 20 heavy (non-hydrogen) atoms. The van der Waals surface area contributed by atoms with Crippen molar-refractivity contribution in [3.63, 3.8) is 0 Å². The van der Waals surface area contributed by atoms with E-state index in [0.717, 1.165) is 11.3 Å². The standard InChI is InChI=1S/C13H15N3O3S/c1-7-10(12(18)16(3)4)20-13(14-7)15-11(17)9-5-6-19-8(9)2/h5-6H,1-4H3,(H,14,15,17). The fraction of sp³-hybridized carbons (Fsp3) is 0.308. The molecule has 0 spiro atoms. The number of thiazole rings is 1. The summed E-state index contributed by atoms with van der Waals surface area (Å²) in [7, 11) is 3.35. The van der Waals surface area contributed by atoms with Gasteiger partial charge in [0, 0.05) is 14.1 Å². The van der Waals surface area contributed by atoms with E-state index < -0.39 is 0 Å². The second-order valence-electron chi connectivity index (χ2n) is 4.48. The highest BCUT2D eigenvalue weighted by Crippen LogP contribution is 2.24. The van der Waals surface area contributed by atoms with Gasteiger partial charge in [0.2, 0.25) is 0 Å². The Morgan fingerprint density at radius 3 is 2.60 bits per heavy atom. The third-order valence-electron chi connectivity index (χ3n) is 2.72. The van der Waals surface area contributed by atoms with Crippen LogP contribution in [0.1, 0.15) is 31.5 Å². The molecule has 0 aliphatic carbocycles. The van der Waals surface area contributed by atoms with Crippen LogP contribution in [0, 0.1) is 13.8 Å². The molecule has 0 fully saturated rings. The smallest absolute Gasteiger partial charge is 0.265 e. The van der Waals surface area contributed by atoms with E-state index >= 15 is 0 Å². The van der Waals surface area contributed by atoms with Gasteiger partial charge >= 0.3 is 0 Å². The molecular formula is C13H15N3O3S. The van der Waals surface area contributed by atoms with Crippen molar-refractivity contribution in [1.82, 2.24) is 9.88 Å². The van der Waals surface area contributed by atoms with E-state index in [1.165, 1.54) is 11.2 Å². The Labute approximate surface area is 120 Å². The van der Waals surface area contributed by atoms with E-state index in [0.29, 0.717) is 27.0 Å². The molecule has 106 valence electrons. The molecule has 0 atom stereocenters. The molecule has 0 unspecified atom stereocenters. The summed E-state index contributed by atoms with van der Waals surface area (Å²) in [4.78, 5) is 30.1. The first-order valence-electron chi connectivity index (χ1n) is 5.94. The minimum absolute atomic E-state index is 0.125. The van der Waals surface area contributed by atoms with Crippen molar-refractivity contribution in [2.24, 2.45) is 0 Å². The number of carbonyl (C=O) groups excluding carboxylic acids is 2. The lowest BCUT2D eigenvalue weighted by molar-refractivity contribution is 0.0831. The quantitative estimate of drug-likeness (QED) is 0.942. The fourth-order valence-electron chi connectivity index (χ4n) is 1.64. The first-order chi connectivity index (χ1) is 9.40. The lowest BCUT2D eigenvalue weighted by Crippen LogP contribution is -2.21. The Balaban J connectivity index is 2.19. The fourth-order valence-corrected chi connectivity index (χ4v) is 2.62. The van der Waals surface area contributed by atoms with Crippen molar-refractivity contribution in [2.45, 2.75) is 13.8 Å². The largest absolute Gasteiger partial charge is 0.469 e. The van der Waals surface area contributed by atoms with Gasteiger partial charge in [0.05, 0.1) is 17.5 Å². The normalized spacial score (nSPS) is 10.4. The van der Waals surface area contributed by atoms with Crippen molar-refractivity contribution in [3.8, 4) is 0 Å². The van der Waals surface area contributed by atoms with Crippen LogP contribution in [0.2, 0.25) is 0 Å². The molecule has 0 bridgehead atoms. The van der Waals surface area contributed by atoms with Gasteiger partial charge in [-0.3, -0.25) is 14.9 Å². The monoisotopic (exact) mass is 293 g/mol. The van der Waals surface area contributed by atoms with Crippen LogP contribution in [0.5, 0.6) is 0 Å². The summed E-state index contributed by atoms with van der Waals surface area (Å²) in [5, 5.41) is 3.08. The van der Waals surface area contributed by atoms with E-state index in [9.17, 15) is 9.59 Å². The Kier molecular flexibility index (Phi) is 3.89. The molecule has 2 rings (SSSR count).